The van der Waals surface area contributed by atoms with Crippen molar-refractivity contribution in [2.75, 3.05) is 0 Å². The molecule has 0 saturated heterocycles. The van der Waals surface area contributed by atoms with E-state index in [0.29, 0.717) is 5.39 Å². The van der Waals surface area contributed by atoms with Gasteiger partial charge in [0.2, 0.25) is 0 Å². The lowest BCUT2D eigenvalue weighted by atomic mass is 9.83. The lowest BCUT2D eigenvalue weighted by Gasteiger charge is -2.23. The summed E-state index contributed by atoms with van der Waals surface area (Å²) in [6, 6.07) is 7.37. The van der Waals surface area contributed by atoms with Crippen molar-refractivity contribution in [1.82, 2.24) is 0 Å². The van der Waals surface area contributed by atoms with E-state index in [2.05, 4.69) is 47.6 Å². The van der Waals surface area contributed by atoms with Crippen molar-refractivity contribution < 1.29 is 13.0 Å². The van der Waals surface area contributed by atoms with Crippen LogP contribution in [0.4, 0.5) is 0 Å². The van der Waals surface area contributed by atoms with Crippen LogP contribution in [0.5, 0.6) is 0 Å². The molecule has 4 heteroatoms. The van der Waals surface area contributed by atoms with Crippen LogP contribution >= 0.6 is 0 Å². The second-order valence-electron chi connectivity index (χ2n) is 7.09. The van der Waals surface area contributed by atoms with Gasteiger partial charge < -0.3 is 0 Å². The van der Waals surface area contributed by atoms with Gasteiger partial charge in [0.25, 0.3) is 10.1 Å². The largest absolute Gasteiger partial charge is 0.295 e. The molecule has 0 bridgehead atoms. The van der Waals surface area contributed by atoms with Crippen molar-refractivity contribution in [2.45, 2.75) is 64.2 Å². The van der Waals surface area contributed by atoms with E-state index < -0.39 is 10.1 Å². The standard InChI is InChI=1S/C19H26O3S/c1-11(2)14-8-7-9-15-17(23(20,21)22)10-16(12(3)4)18(13(5)6)19(14)15/h7-13H,1-6H3,(H,20,21,22). The van der Waals surface area contributed by atoms with Gasteiger partial charge in [0.15, 0.2) is 0 Å². The lowest BCUT2D eigenvalue weighted by molar-refractivity contribution is 0.484. The third-order valence-corrected chi connectivity index (χ3v) is 5.22. The van der Waals surface area contributed by atoms with Crippen molar-refractivity contribution in [3.05, 3.63) is 41.0 Å². The van der Waals surface area contributed by atoms with Gasteiger partial charge in [0.1, 0.15) is 4.90 Å². The molecule has 126 valence electrons. The third kappa shape index (κ3) is 3.29. The lowest BCUT2D eigenvalue weighted by Crippen LogP contribution is -2.08. The zero-order valence-electron chi connectivity index (χ0n) is 14.7. The van der Waals surface area contributed by atoms with Crippen molar-refractivity contribution >= 4 is 20.9 Å². The first-order chi connectivity index (χ1) is 10.6. The summed E-state index contributed by atoms with van der Waals surface area (Å²) in [6.07, 6.45) is 0. The summed E-state index contributed by atoms with van der Waals surface area (Å²) < 4.78 is 33.6. The Morgan fingerprint density at radius 3 is 1.87 bits per heavy atom. The molecule has 0 unspecified atom stereocenters. The molecule has 0 aromatic heterocycles. The molecule has 0 fully saturated rings. The summed E-state index contributed by atoms with van der Waals surface area (Å²) in [7, 11) is -4.27. The summed E-state index contributed by atoms with van der Waals surface area (Å²) in [6.45, 7) is 12.6. The summed E-state index contributed by atoms with van der Waals surface area (Å²) >= 11 is 0. The first-order valence-corrected chi connectivity index (χ1v) is 9.56. The van der Waals surface area contributed by atoms with Gasteiger partial charge in [-0.3, -0.25) is 4.55 Å². The number of hydrogen-bond acceptors (Lipinski definition) is 2. The minimum atomic E-state index is -4.27. The van der Waals surface area contributed by atoms with Gasteiger partial charge in [-0.2, -0.15) is 8.42 Å². The van der Waals surface area contributed by atoms with Gasteiger partial charge in [-0.05, 0) is 45.9 Å². The Labute approximate surface area is 139 Å². The highest BCUT2D eigenvalue weighted by Crippen LogP contribution is 2.40. The van der Waals surface area contributed by atoms with Crippen molar-refractivity contribution in [2.24, 2.45) is 0 Å². The number of hydrogen-bond donors (Lipinski definition) is 1. The highest BCUT2D eigenvalue weighted by molar-refractivity contribution is 7.86. The summed E-state index contributed by atoms with van der Waals surface area (Å²) in [5.74, 6) is 0.718. The van der Waals surface area contributed by atoms with Crippen LogP contribution in [0.1, 0.15) is 76.0 Å². The topological polar surface area (TPSA) is 54.4 Å². The molecule has 0 heterocycles. The SMILES string of the molecule is CC(C)c1cc(S(=O)(=O)O)c2cccc(C(C)C)c2c1C(C)C. The molecule has 0 aliphatic heterocycles. The van der Waals surface area contributed by atoms with E-state index in [-0.39, 0.29) is 22.6 Å². The van der Waals surface area contributed by atoms with Gasteiger partial charge in [-0.1, -0.05) is 59.7 Å². The quantitative estimate of drug-likeness (QED) is 0.756. The van der Waals surface area contributed by atoms with Gasteiger partial charge in [0, 0.05) is 5.39 Å². The van der Waals surface area contributed by atoms with Crippen LogP contribution in [-0.2, 0) is 10.1 Å². The van der Waals surface area contributed by atoms with E-state index >= 15 is 0 Å². The minimum absolute atomic E-state index is 0.0168. The van der Waals surface area contributed by atoms with Crippen LogP contribution in [0, 0.1) is 0 Å². The van der Waals surface area contributed by atoms with Gasteiger partial charge in [-0.15, -0.1) is 0 Å². The molecule has 2 rings (SSSR count). The normalized spacial score (nSPS) is 12.8. The molecule has 0 aliphatic rings. The van der Waals surface area contributed by atoms with Crippen LogP contribution in [0.3, 0.4) is 0 Å². The number of rotatable bonds is 4. The Kier molecular flexibility index (Phi) is 4.88. The predicted octanol–water partition coefficient (Wildman–Crippen LogP) is 5.46. The van der Waals surface area contributed by atoms with Crippen molar-refractivity contribution in [3.63, 3.8) is 0 Å². The summed E-state index contributed by atoms with van der Waals surface area (Å²) in [5.41, 5.74) is 3.30. The monoisotopic (exact) mass is 334 g/mol. The van der Waals surface area contributed by atoms with E-state index in [9.17, 15) is 13.0 Å². The van der Waals surface area contributed by atoms with Crippen LogP contribution in [0.15, 0.2) is 29.2 Å². The van der Waals surface area contributed by atoms with Gasteiger partial charge >= 0.3 is 0 Å². The van der Waals surface area contributed by atoms with Crippen LogP contribution in [-0.4, -0.2) is 13.0 Å². The summed E-state index contributed by atoms with van der Waals surface area (Å²) in [5, 5.41) is 1.60. The third-order valence-electron chi connectivity index (χ3n) is 4.33. The Bertz CT molecular complexity index is 831. The second kappa shape index (κ2) is 6.25. The molecule has 0 amide bonds. The maximum atomic E-state index is 11.9. The molecule has 23 heavy (non-hydrogen) atoms. The van der Waals surface area contributed by atoms with E-state index in [1.54, 1.807) is 12.1 Å². The minimum Gasteiger partial charge on any atom is -0.282 e. The fraction of sp³-hybridized carbons (Fsp3) is 0.474. The Morgan fingerprint density at radius 2 is 1.43 bits per heavy atom. The fourth-order valence-corrected chi connectivity index (χ4v) is 4.04. The smallest absolute Gasteiger partial charge is 0.282 e. The molecule has 0 spiro atoms. The Morgan fingerprint density at radius 1 is 0.870 bits per heavy atom. The second-order valence-corrected chi connectivity index (χ2v) is 8.48. The molecule has 2 aromatic rings. The van der Waals surface area contributed by atoms with E-state index in [0.717, 1.165) is 16.5 Å². The maximum Gasteiger partial charge on any atom is 0.295 e. The summed E-state index contributed by atoms with van der Waals surface area (Å²) in [4.78, 5) is 0.0168. The molecular weight excluding hydrogens is 308 g/mol. The van der Waals surface area contributed by atoms with E-state index in [4.69, 9.17) is 0 Å². The molecule has 2 aromatic carbocycles. The average molecular weight is 334 g/mol. The zero-order valence-corrected chi connectivity index (χ0v) is 15.5. The van der Waals surface area contributed by atoms with E-state index in [1.807, 2.05) is 6.07 Å². The van der Waals surface area contributed by atoms with Crippen molar-refractivity contribution in [1.29, 1.82) is 0 Å². The predicted molar refractivity (Wildman–Crippen MR) is 96.0 cm³/mol. The Hall–Kier alpha value is -1.39. The van der Waals surface area contributed by atoms with Gasteiger partial charge in [-0.25, -0.2) is 0 Å². The molecular formula is C19H26O3S. The van der Waals surface area contributed by atoms with Crippen molar-refractivity contribution in [3.8, 4) is 0 Å². The van der Waals surface area contributed by atoms with Crippen LogP contribution in [0.25, 0.3) is 10.8 Å². The number of benzene rings is 2. The fourth-order valence-electron chi connectivity index (χ4n) is 3.31. The Balaban J connectivity index is 3.15. The molecule has 0 radical (unpaired) electrons. The highest BCUT2D eigenvalue weighted by atomic mass is 32.2. The molecule has 1 N–H and O–H groups in total. The molecule has 0 atom stereocenters. The van der Waals surface area contributed by atoms with Crippen LogP contribution < -0.4 is 0 Å². The first-order valence-electron chi connectivity index (χ1n) is 8.12. The van der Waals surface area contributed by atoms with E-state index in [1.165, 1.54) is 5.56 Å². The average Bonchev–Trinajstić information content (AvgIpc) is 2.42. The van der Waals surface area contributed by atoms with Crippen LogP contribution in [0.2, 0.25) is 0 Å². The molecule has 0 saturated carbocycles. The highest BCUT2D eigenvalue weighted by Gasteiger charge is 2.24. The maximum absolute atomic E-state index is 11.9. The molecule has 0 aliphatic carbocycles. The number of fused-ring (bicyclic) bond motifs is 1. The zero-order chi connectivity index (χ0) is 17.5. The van der Waals surface area contributed by atoms with Gasteiger partial charge in [0.05, 0.1) is 0 Å². The molecule has 3 nitrogen and oxygen atoms in total. The first kappa shape index (κ1) is 18.0.